The topological polar surface area (TPSA) is 52.6 Å². The lowest BCUT2D eigenvalue weighted by Crippen LogP contribution is -2.34. The van der Waals surface area contributed by atoms with Crippen molar-refractivity contribution in [2.45, 2.75) is 65.2 Å². The first kappa shape index (κ1) is 23.8. The number of methoxy groups -OCH3 is 1. The fourth-order valence-electron chi connectivity index (χ4n) is 4.53. The number of carbonyl (C=O) groups is 2. The van der Waals surface area contributed by atoms with Gasteiger partial charge in [-0.2, -0.15) is 0 Å². The van der Waals surface area contributed by atoms with Crippen LogP contribution in [0, 0.1) is 6.92 Å². The van der Waals surface area contributed by atoms with Crippen molar-refractivity contribution in [2.75, 3.05) is 13.7 Å². The third-order valence-electron chi connectivity index (χ3n) is 6.65. The van der Waals surface area contributed by atoms with Crippen molar-refractivity contribution in [1.29, 1.82) is 0 Å². The van der Waals surface area contributed by atoms with Crippen LogP contribution >= 0.6 is 0 Å². The van der Waals surface area contributed by atoms with Gasteiger partial charge < -0.3 is 9.47 Å². The molecule has 1 aliphatic rings. The zero-order valence-corrected chi connectivity index (χ0v) is 20.3. The highest BCUT2D eigenvalue weighted by Gasteiger charge is 2.37. The van der Waals surface area contributed by atoms with E-state index in [2.05, 4.69) is 46.8 Å². The van der Waals surface area contributed by atoms with Gasteiger partial charge in [-0.15, -0.1) is 0 Å². The number of fused-ring (bicyclic) bond motifs is 1. The van der Waals surface area contributed by atoms with Crippen LogP contribution in [0.5, 0.6) is 0 Å². The minimum absolute atomic E-state index is 0.0527. The normalized spacial score (nSPS) is 16.8. The number of benzene rings is 2. The Morgan fingerprint density at radius 2 is 1.47 bits per heavy atom. The summed E-state index contributed by atoms with van der Waals surface area (Å²) in [4.78, 5) is 24.3. The average Bonchev–Trinajstić information content (AvgIpc) is 2.75. The molecule has 0 bridgehead atoms. The summed E-state index contributed by atoms with van der Waals surface area (Å²) in [7, 11) is 1.36. The van der Waals surface area contributed by atoms with E-state index in [1.54, 1.807) is 25.1 Å². The van der Waals surface area contributed by atoms with Gasteiger partial charge in [0.15, 0.2) is 0 Å². The predicted molar refractivity (Wildman–Crippen MR) is 128 cm³/mol. The van der Waals surface area contributed by atoms with Crippen LogP contribution in [0.3, 0.4) is 0 Å². The van der Waals surface area contributed by atoms with Crippen LogP contribution in [0.25, 0.3) is 5.57 Å². The molecule has 3 rings (SSSR count). The van der Waals surface area contributed by atoms with Crippen molar-refractivity contribution in [2.24, 2.45) is 0 Å². The molecule has 0 fully saturated rings. The second kappa shape index (κ2) is 8.93. The standard InChI is InChI=1S/C28H34O4/c1-8-32-25(29)17-22(19-9-11-20(12-10-19)26(30)31-7)21-16-24-23(15-18(21)2)27(3,4)13-14-28(24,5)6/h9-12,15-17H,8,13-14H2,1-7H3. The average molecular weight is 435 g/mol. The number of esters is 2. The fraction of sp³-hybridized carbons (Fsp3) is 0.429. The lowest BCUT2D eigenvalue weighted by Gasteiger charge is -2.42. The highest BCUT2D eigenvalue weighted by molar-refractivity contribution is 5.97. The van der Waals surface area contributed by atoms with Crippen LogP contribution in [-0.2, 0) is 25.1 Å². The SMILES string of the molecule is CCOC(=O)C=C(c1ccc(C(=O)OC)cc1)c1cc2c(cc1C)C(C)(C)CCC2(C)C. The molecule has 0 unspecified atom stereocenters. The van der Waals surface area contributed by atoms with Gasteiger partial charge in [0.1, 0.15) is 0 Å². The van der Waals surface area contributed by atoms with E-state index in [4.69, 9.17) is 9.47 Å². The van der Waals surface area contributed by atoms with E-state index in [0.717, 1.165) is 35.1 Å². The highest BCUT2D eigenvalue weighted by atomic mass is 16.5. The zero-order chi connectivity index (χ0) is 23.7. The third-order valence-corrected chi connectivity index (χ3v) is 6.65. The second-order valence-corrected chi connectivity index (χ2v) is 9.86. The summed E-state index contributed by atoms with van der Waals surface area (Å²) in [6, 6.07) is 11.7. The van der Waals surface area contributed by atoms with Gasteiger partial charge in [-0.3, -0.25) is 0 Å². The maximum atomic E-state index is 12.5. The molecular formula is C28H34O4. The van der Waals surface area contributed by atoms with Gasteiger partial charge in [0.05, 0.1) is 19.3 Å². The molecule has 4 heteroatoms. The molecule has 0 saturated carbocycles. The summed E-state index contributed by atoms with van der Waals surface area (Å²) in [5.41, 5.74) is 7.10. The van der Waals surface area contributed by atoms with Gasteiger partial charge in [-0.05, 0) is 83.0 Å². The van der Waals surface area contributed by atoms with Crippen molar-refractivity contribution < 1.29 is 19.1 Å². The van der Waals surface area contributed by atoms with Gasteiger partial charge in [-0.25, -0.2) is 9.59 Å². The zero-order valence-electron chi connectivity index (χ0n) is 20.3. The largest absolute Gasteiger partial charge is 0.465 e. The van der Waals surface area contributed by atoms with Gasteiger partial charge in [0.25, 0.3) is 0 Å². The summed E-state index contributed by atoms with van der Waals surface area (Å²) < 4.78 is 10.0. The Morgan fingerprint density at radius 1 is 0.938 bits per heavy atom. The van der Waals surface area contributed by atoms with Crippen LogP contribution in [0.15, 0.2) is 42.5 Å². The lowest BCUT2D eigenvalue weighted by atomic mass is 9.62. The molecule has 0 spiro atoms. The monoisotopic (exact) mass is 434 g/mol. The molecule has 1 aliphatic carbocycles. The van der Waals surface area contributed by atoms with Crippen molar-refractivity contribution in [3.8, 4) is 0 Å². The van der Waals surface area contributed by atoms with E-state index >= 15 is 0 Å². The molecular weight excluding hydrogens is 400 g/mol. The number of ether oxygens (including phenoxy) is 2. The molecule has 0 atom stereocenters. The molecule has 2 aromatic carbocycles. The first-order valence-electron chi connectivity index (χ1n) is 11.2. The second-order valence-electron chi connectivity index (χ2n) is 9.86. The Labute approximate surface area is 191 Å². The summed E-state index contributed by atoms with van der Waals surface area (Å²) in [6.07, 6.45) is 3.82. The fourth-order valence-corrected chi connectivity index (χ4v) is 4.53. The Hall–Kier alpha value is -2.88. The molecule has 0 radical (unpaired) electrons. The maximum absolute atomic E-state index is 12.5. The molecule has 0 N–H and O–H groups in total. The number of rotatable bonds is 5. The molecule has 0 aliphatic heterocycles. The summed E-state index contributed by atoms with van der Waals surface area (Å²) >= 11 is 0. The van der Waals surface area contributed by atoms with Crippen molar-refractivity contribution in [1.82, 2.24) is 0 Å². The number of carbonyl (C=O) groups excluding carboxylic acids is 2. The van der Waals surface area contributed by atoms with Crippen LogP contribution in [-0.4, -0.2) is 25.7 Å². The first-order chi connectivity index (χ1) is 15.0. The highest BCUT2D eigenvalue weighted by Crippen LogP contribution is 2.47. The van der Waals surface area contributed by atoms with E-state index in [1.807, 2.05) is 12.1 Å². The van der Waals surface area contributed by atoms with E-state index in [0.29, 0.717) is 12.2 Å². The minimum Gasteiger partial charge on any atom is -0.465 e. The molecule has 0 heterocycles. The Bertz CT molecular complexity index is 1060. The number of aryl methyl sites for hydroxylation is 1. The maximum Gasteiger partial charge on any atom is 0.337 e. The summed E-state index contributed by atoms with van der Waals surface area (Å²) in [5.74, 6) is -0.766. The lowest BCUT2D eigenvalue weighted by molar-refractivity contribution is -0.137. The molecule has 32 heavy (non-hydrogen) atoms. The minimum atomic E-state index is -0.388. The van der Waals surface area contributed by atoms with E-state index in [9.17, 15) is 9.59 Å². The van der Waals surface area contributed by atoms with Gasteiger partial charge in [0, 0.05) is 6.08 Å². The van der Waals surface area contributed by atoms with E-state index in [1.165, 1.54) is 18.2 Å². The van der Waals surface area contributed by atoms with Gasteiger partial charge in [0.2, 0.25) is 0 Å². The van der Waals surface area contributed by atoms with Crippen molar-refractivity contribution in [3.05, 3.63) is 75.9 Å². The third kappa shape index (κ3) is 4.64. The molecule has 0 aromatic heterocycles. The van der Waals surface area contributed by atoms with Crippen LogP contribution in [0.1, 0.15) is 85.6 Å². The smallest absolute Gasteiger partial charge is 0.337 e. The molecule has 0 saturated heterocycles. The van der Waals surface area contributed by atoms with Gasteiger partial charge in [-0.1, -0.05) is 52.0 Å². The molecule has 4 nitrogen and oxygen atoms in total. The van der Waals surface area contributed by atoms with Crippen LogP contribution in [0.2, 0.25) is 0 Å². The molecule has 2 aromatic rings. The van der Waals surface area contributed by atoms with Crippen LogP contribution < -0.4 is 0 Å². The Morgan fingerprint density at radius 3 is 2.00 bits per heavy atom. The van der Waals surface area contributed by atoms with E-state index in [-0.39, 0.29) is 22.8 Å². The predicted octanol–water partition coefficient (Wildman–Crippen LogP) is 6.13. The van der Waals surface area contributed by atoms with E-state index < -0.39 is 0 Å². The Kier molecular flexibility index (Phi) is 6.64. The van der Waals surface area contributed by atoms with Gasteiger partial charge >= 0.3 is 11.9 Å². The molecule has 0 amide bonds. The quantitative estimate of drug-likeness (QED) is 0.420. The number of hydrogen-bond donors (Lipinski definition) is 0. The first-order valence-corrected chi connectivity index (χ1v) is 11.2. The summed E-state index contributed by atoms with van der Waals surface area (Å²) in [6.45, 7) is 13.4. The van der Waals surface area contributed by atoms with Crippen LogP contribution in [0.4, 0.5) is 0 Å². The Balaban J connectivity index is 2.20. The van der Waals surface area contributed by atoms with Crippen molar-refractivity contribution >= 4 is 17.5 Å². The van der Waals surface area contributed by atoms with Crippen molar-refractivity contribution in [3.63, 3.8) is 0 Å². The number of hydrogen-bond acceptors (Lipinski definition) is 4. The summed E-state index contributed by atoms with van der Waals surface area (Å²) in [5, 5.41) is 0. The molecule has 170 valence electrons.